The van der Waals surface area contributed by atoms with Gasteiger partial charge in [-0.05, 0) is 39.7 Å². The summed E-state index contributed by atoms with van der Waals surface area (Å²) >= 11 is 0. The van der Waals surface area contributed by atoms with Crippen LogP contribution in [-0.4, -0.2) is 11.2 Å². The van der Waals surface area contributed by atoms with Gasteiger partial charge >= 0.3 is 6.09 Å². The summed E-state index contributed by atoms with van der Waals surface area (Å²) < 4.78 is 0. The number of carboxylic acid groups (broad SMARTS) is 1. The van der Waals surface area contributed by atoms with Crippen molar-refractivity contribution in [3.8, 4) is 0 Å². The summed E-state index contributed by atoms with van der Waals surface area (Å²) in [5.41, 5.74) is 0.545. The van der Waals surface area contributed by atoms with Gasteiger partial charge in [-0.1, -0.05) is 6.07 Å². The molecule has 0 bridgehead atoms. The Hall–Kier alpha value is -0.520. The molecule has 1 amide bonds. The lowest BCUT2D eigenvalue weighted by atomic mass is 10.3. The maximum absolute atomic E-state index is 10.3. The van der Waals surface area contributed by atoms with Gasteiger partial charge in [0.15, 0.2) is 0 Å². The standard InChI is InChI=1S/C7H6ClNO2S2/c8-13-12-6-3-1-2-5(4-6)9-7(10)11/h1-4,9H,(H,10,11). The summed E-state index contributed by atoms with van der Waals surface area (Å²) in [6.07, 6.45) is -1.07. The van der Waals surface area contributed by atoms with Crippen LogP contribution in [0, 0.1) is 0 Å². The molecular formula is C7H6ClNO2S2. The molecule has 3 nitrogen and oxygen atoms in total. The van der Waals surface area contributed by atoms with Crippen molar-refractivity contribution in [2.24, 2.45) is 0 Å². The Labute approximate surface area is 87.8 Å². The monoisotopic (exact) mass is 235 g/mol. The molecule has 0 spiro atoms. The van der Waals surface area contributed by atoms with E-state index in [1.54, 1.807) is 18.2 Å². The first-order chi connectivity index (χ1) is 6.22. The van der Waals surface area contributed by atoms with E-state index in [1.807, 2.05) is 6.07 Å². The Kier molecular flexibility index (Phi) is 4.27. The number of amides is 1. The Balaban J connectivity index is 2.73. The number of hydrogen-bond donors (Lipinski definition) is 2. The molecule has 0 aliphatic carbocycles. The van der Waals surface area contributed by atoms with Crippen molar-refractivity contribution in [2.75, 3.05) is 5.32 Å². The number of anilines is 1. The fourth-order valence-electron chi connectivity index (χ4n) is 0.786. The van der Waals surface area contributed by atoms with Gasteiger partial charge in [0, 0.05) is 20.6 Å². The molecule has 2 N–H and O–H groups in total. The van der Waals surface area contributed by atoms with Crippen LogP contribution >= 0.6 is 31.5 Å². The lowest BCUT2D eigenvalue weighted by Gasteiger charge is -2.01. The highest BCUT2D eigenvalue weighted by Gasteiger charge is 1.99. The van der Waals surface area contributed by atoms with E-state index < -0.39 is 6.09 Å². The van der Waals surface area contributed by atoms with Crippen LogP contribution in [0.1, 0.15) is 0 Å². The summed E-state index contributed by atoms with van der Waals surface area (Å²) in [5.74, 6) is 0. The second-order valence-corrected chi connectivity index (χ2v) is 4.88. The number of benzene rings is 1. The smallest absolute Gasteiger partial charge is 0.409 e. The van der Waals surface area contributed by atoms with Gasteiger partial charge in [0.05, 0.1) is 0 Å². The molecule has 70 valence electrons. The van der Waals surface area contributed by atoms with E-state index in [9.17, 15) is 4.79 Å². The summed E-state index contributed by atoms with van der Waals surface area (Å²) in [4.78, 5) is 11.2. The van der Waals surface area contributed by atoms with E-state index in [2.05, 4.69) is 5.32 Å². The molecular weight excluding hydrogens is 230 g/mol. The molecule has 0 saturated carbocycles. The van der Waals surface area contributed by atoms with Crippen LogP contribution < -0.4 is 5.32 Å². The van der Waals surface area contributed by atoms with E-state index in [-0.39, 0.29) is 0 Å². The molecule has 0 aliphatic rings. The summed E-state index contributed by atoms with van der Waals surface area (Å²) in [5, 5.41) is 10.7. The summed E-state index contributed by atoms with van der Waals surface area (Å²) in [6.45, 7) is 0. The van der Waals surface area contributed by atoms with Crippen LogP contribution in [0.5, 0.6) is 0 Å². The zero-order valence-electron chi connectivity index (χ0n) is 6.36. The molecule has 13 heavy (non-hydrogen) atoms. The summed E-state index contributed by atoms with van der Waals surface area (Å²) in [6, 6.07) is 7.01. The van der Waals surface area contributed by atoms with E-state index in [0.29, 0.717) is 5.69 Å². The van der Waals surface area contributed by atoms with Gasteiger partial charge in [0.1, 0.15) is 0 Å². The number of nitrogens with one attached hydrogen (secondary N) is 1. The molecule has 1 aromatic carbocycles. The van der Waals surface area contributed by atoms with Gasteiger partial charge < -0.3 is 5.11 Å². The van der Waals surface area contributed by atoms with Crippen molar-refractivity contribution in [2.45, 2.75) is 4.90 Å². The minimum atomic E-state index is -1.07. The van der Waals surface area contributed by atoms with E-state index in [1.165, 1.54) is 10.8 Å². The van der Waals surface area contributed by atoms with Gasteiger partial charge in [0.2, 0.25) is 0 Å². The highest BCUT2D eigenvalue weighted by atomic mass is 35.7. The largest absolute Gasteiger partial charge is 0.465 e. The molecule has 0 heterocycles. The van der Waals surface area contributed by atoms with E-state index >= 15 is 0 Å². The minimum absolute atomic E-state index is 0.545. The Bertz CT molecular complexity index is 308. The zero-order chi connectivity index (χ0) is 9.68. The molecule has 6 heteroatoms. The van der Waals surface area contributed by atoms with Crippen molar-refractivity contribution >= 4 is 43.3 Å². The third kappa shape index (κ3) is 3.80. The lowest BCUT2D eigenvalue weighted by molar-refractivity contribution is 0.210. The van der Waals surface area contributed by atoms with Crippen LogP contribution in [0.25, 0.3) is 0 Å². The van der Waals surface area contributed by atoms with Crippen LogP contribution in [0.15, 0.2) is 29.2 Å². The van der Waals surface area contributed by atoms with Gasteiger partial charge in [-0.3, -0.25) is 5.32 Å². The molecule has 0 fully saturated rings. The van der Waals surface area contributed by atoms with E-state index in [4.69, 9.17) is 15.8 Å². The molecule has 0 unspecified atom stereocenters. The van der Waals surface area contributed by atoms with Crippen molar-refractivity contribution in [1.29, 1.82) is 0 Å². The van der Waals surface area contributed by atoms with Crippen molar-refractivity contribution in [1.82, 2.24) is 0 Å². The highest BCUT2D eigenvalue weighted by molar-refractivity contribution is 8.85. The van der Waals surface area contributed by atoms with Crippen LogP contribution in [0.2, 0.25) is 0 Å². The van der Waals surface area contributed by atoms with E-state index in [0.717, 1.165) is 14.9 Å². The number of rotatable bonds is 3. The predicted molar refractivity (Wildman–Crippen MR) is 57.4 cm³/mol. The van der Waals surface area contributed by atoms with Gasteiger partial charge in [-0.2, -0.15) is 0 Å². The molecule has 1 aromatic rings. The lowest BCUT2D eigenvalue weighted by Crippen LogP contribution is -2.06. The van der Waals surface area contributed by atoms with Crippen molar-refractivity contribution < 1.29 is 9.90 Å². The highest BCUT2D eigenvalue weighted by Crippen LogP contribution is 2.34. The van der Waals surface area contributed by atoms with Gasteiger partial charge in [0.25, 0.3) is 0 Å². The quantitative estimate of drug-likeness (QED) is 0.785. The fraction of sp³-hybridized carbons (Fsp3) is 0. The third-order valence-electron chi connectivity index (χ3n) is 1.21. The Morgan fingerprint density at radius 3 is 2.92 bits per heavy atom. The first-order valence-corrected chi connectivity index (χ1v) is 6.25. The normalized spacial score (nSPS) is 9.62. The second kappa shape index (κ2) is 5.26. The molecule has 1 rings (SSSR count). The van der Waals surface area contributed by atoms with Gasteiger partial charge in [-0.25, -0.2) is 4.79 Å². The minimum Gasteiger partial charge on any atom is -0.465 e. The molecule has 0 radical (unpaired) electrons. The van der Waals surface area contributed by atoms with Crippen LogP contribution in [0.3, 0.4) is 0 Å². The van der Waals surface area contributed by atoms with Gasteiger partial charge in [-0.15, -0.1) is 0 Å². The van der Waals surface area contributed by atoms with Crippen LogP contribution in [-0.2, 0) is 0 Å². The molecule has 0 atom stereocenters. The van der Waals surface area contributed by atoms with Crippen molar-refractivity contribution in [3.05, 3.63) is 24.3 Å². The molecule has 0 aromatic heterocycles. The topological polar surface area (TPSA) is 49.3 Å². The Morgan fingerprint density at radius 1 is 1.54 bits per heavy atom. The maximum Gasteiger partial charge on any atom is 0.409 e. The number of hydrogen-bond acceptors (Lipinski definition) is 3. The Morgan fingerprint density at radius 2 is 2.31 bits per heavy atom. The molecule has 0 saturated heterocycles. The first-order valence-electron chi connectivity index (χ1n) is 3.27. The number of halogens is 1. The van der Waals surface area contributed by atoms with Crippen LogP contribution in [0.4, 0.5) is 10.5 Å². The van der Waals surface area contributed by atoms with Crippen molar-refractivity contribution in [3.63, 3.8) is 0 Å². The third-order valence-corrected chi connectivity index (χ3v) is 3.06. The average molecular weight is 236 g/mol. The first kappa shape index (κ1) is 10.6. The summed E-state index contributed by atoms with van der Waals surface area (Å²) in [7, 11) is 7.90. The fourth-order valence-corrected chi connectivity index (χ4v) is 2.35. The predicted octanol–water partition coefficient (Wildman–Crippen LogP) is 3.67. The maximum atomic E-state index is 10.3. The zero-order valence-corrected chi connectivity index (χ0v) is 8.75. The second-order valence-electron chi connectivity index (χ2n) is 2.10. The number of carbonyl (C=O) groups is 1. The molecule has 0 aliphatic heterocycles. The SMILES string of the molecule is O=C(O)Nc1cccc(SSCl)c1. The average Bonchev–Trinajstić information content (AvgIpc) is 2.04.